The molecular formula is C15H22ClIN2O. The normalized spacial score (nSPS) is 15.5. The number of hydrogen-bond donors (Lipinski definition) is 2. The van der Waals surface area contributed by atoms with Gasteiger partial charge >= 0.3 is 0 Å². The molecule has 5 heteroatoms. The van der Waals surface area contributed by atoms with Crippen LogP contribution in [-0.4, -0.2) is 19.0 Å². The van der Waals surface area contributed by atoms with E-state index in [4.69, 9.17) is 0 Å². The lowest BCUT2D eigenvalue weighted by atomic mass is 9.93. The van der Waals surface area contributed by atoms with Crippen LogP contribution in [0.5, 0.6) is 0 Å². The van der Waals surface area contributed by atoms with E-state index in [1.807, 2.05) is 18.2 Å². The Hall–Kier alpha value is -0.330. The van der Waals surface area contributed by atoms with Gasteiger partial charge in [0.05, 0.1) is 0 Å². The van der Waals surface area contributed by atoms with Crippen LogP contribution in [0.25, 0.3) is 0 Å². The molecule has 20 heavy (non-hydrogen) atoms. The predicted octanol–water partition coefficient (Wildman–Crippen LogP) is 3.74. The molecule has 1 aromatic rings. The summed E-state index contributed by atoms with van der Waals surface area (Å²) in [6.07, 6.45) is 4.05. The molecule has 1 amide bonds. The van der Waals surface area contributed by atoms with Crippen molar-refractivity contribution in [1.29, 1.82) is 0 Å². The van der Waals surface area contributed by atoms with Crippen LogP contribution < -0.4 is 10.6 Å². The summed E-state index contributed by atoms with van der Waals surface area (Å²) in [6, 6.07) is 6.04. The van der Waals surface area contributed by atoms with Crippen molar-refractivity contribution in [3.05, 3.63) is 27.3 Å². The molecule has 0 saturated carbocycles. The molecule has 0 atom stereocenters. The van der Waals surface area contributed by atoms with Crippen LogP contribution in [0.2, 0.25) is 0 Å². The number of halogens is 2. The molecule has 3 nitrogen and oxygen atoms in total. The largest absolute Gasteiger partial charge is 0.326 e. The Morgan fingerprint density at radius 3 is 2.75 bits per heavy atom. The number of benzene rings is 1. The van der Waals surface area contributed by atoms with Gasteiger partial charge in [0.2, 0.25) is 5.91 Å². The van der Waals surface area contributed by atoms with E-state index in [2.05, 4.69) is 40.1 Å². The average molecular weight is 409 g/mol. The molecule has 0 bridgehead atoms. The molecule has 1 aromatic carbocycles. The molecule has 0 aromatic heterocycles. The number of anilines is 1. The first kappa shape index (κ1) is 17.7. The van der Waals surface area contributed by atoms with E-state index in [1.54, 1.807) is 0 Å². The standard InChI is InChI=1S/C15H21IN2O.ClH/c1-11-2-4-13(10-14(11)16)18-15(19)5-3-12-6-8-17-9-7-12;/h2,4,10,12,17H,3,5-9H2,1H3,(H,18,19);1H. The van der Waals surface area contributed by atoms with Gasteiger partial charge < -0.3 is 10.6 Å². The van der Waals surface area contributed by atoms with Gasteiger partial charge in [-0.05, 0) is 85.5 Å². The van der Waals surface area contributed by atoms with Crippen molar-refractivity contribution in [2.75, 3.05) is 18.4 Å². The van der Waals surface area contributed by atoms with Crippen LogP contribution in [0.4, 0.5) is 5.69 Å². The highest BCUT2D eigenvalue weighted by Gasteiger charge is 2.14. The third kappa shape index (κ3) is 5.58. The van der Waals surface area contributed by atoms with Crippen LogP contribution >= 0.6 is 35.0 Å². The van der Waals surface area contributed by atoms with Crippen LogP contribution in [0.3, 0.4) is 0 Å². The van der Waals surface area contributed by atoms with E-state index in [0.717, 1.165) is 25.2 Å². The minimum absolute atomic E-state index is 0. The zero-order chi connectivity index (χ0) is 13.7. The van der Waals surface area contributed by atoms with E-state index in [0.29, 0.717) is 12.3 Å². The topological polar surface area (TPSA) is 41.1 Å². The number of carbonyl (C=O) groups excluding carboxylic acids is 1. The molecule has 2 rings (SSSR count). The number of nitrogens with one attached hydrogen (secondary N) is 2. The lowest BCUT2D eigenvalue weighted by Gasteiger charge is -2.22. The highest BCUT2D eigenvalue weighted by molar-refractivity contribution is 14.1. The summed E-state index contributed by atoms with van der Waals surface area (Å²) in [7, 11) is 0. The fourth-order valence-corrected chi connectivity index (χ4v) is 2.91. The lowest BCUT2D eigenvalue weighted by molar-refractivity contribution is -0.116. The van der Waals surface area contributed by atoms with E-state index >= 15 is 0 Å². The summed E-state index contributed by atoms with van der Waals surface area (Å²) in [4.78, 5) is 11.9. The SMILES string of the molecule is Cc1ccc(NC(=O)CCC2CCNCC2)cc1I.Cl. The van der Waals surface area contributed by atoms with E-state index in [1.165, 1.54) is 22.0 Å². The number of piperidine rings is 1. The molecule has 0 unspecified atom stereocenters. The summed E-state index contributed by atoms with van der Waals surface area (Å²) >= 11 is 2.30. The zero-order valence-electron chi connectivity index (χ0n) is 11.7. The van der Waals surface area contributed by atoms with Gasteiger partial charge in [0, 0.05) is 15.7 Å². The Kier molecular flexibility index (Phi) is 7.84. The highest BCUT2D eigenvalue weighted by Crippen LogP contribution is 2.20. The van der Waals surface area contributed by atoms with Crippen LogP contribution in [0.15, 0.2) is 18.2 Å². The molecule has 1 aliphatic rings. The van der Waals surface area contributed by atoms with Crippen molar-refractivity contribution in [3.8, 4) is 0 Å². The van der Waals surface area contributed by atoms with Crippen molar-refractivity contribution in [2.45, 2.75) is 32.6 Å². The second kappa shape index (κ2) is 8.85. The maximum absolute atomic E-state index is 11.9. The monoisotopic (exact) mass is 408 g/mol. The zero-order valence-corrected chi connectivity index (χ0v) is 14.7. The molecule has 0 spiro atoms. The van der Waals surface area contributed by atoms with Gasteiger partial charge in [-0.1, -0.05) is 6.07 Å². The fourth-order valence-electron chi connectivity index (χ4n) is 2.40. The van der Waals surface area contributed by atoms with Gasteiger partial charge in [0.1, 0.15) is 0 Å². The summed E-state index contributed by atoms with van der Waals surface area (Å²) in [5, 5.41) is 6.34. The van der Waals surface area contributed by atoms with Crippen molar-refractivity contribution in [1.82, 2.24) is 5.32 Å². The number of carbonyl (C=O) groups is 1. The van der Waals surface area contributed by atoms with E-state index in [9.17, 15) is 4.79 Å². The summed E-state index contributed by atoms with van der Waals surface area (Å²) in [5.74, 6) is 0.850. The van der Waals surface area contributed by atoms with Crippen molar-refractivity contribution >= 4 is 46.6 Å². The minimum atomic E-state index is 0. The number of aryl methyl sites for hydroxylation is 1. The Balaban J connectivity index is 0.00000200. The quantitative estimate of drug-likeness (QED) is 0.745. The minimum Gasteiger partial charge on any atom is -0.326 e. The van der Waals surface area contributed by atoms with Gasteiger partial charge in [-0.25, -0.2) is 0 Å². The maximum Gasteiger partial charge on any atom is 0.224 e. The van der Waals surface area contributed by atoms with Gasteiger partial charge in [-0.3, -0.25) is 4.79 Å². The highest BCUT2D eigenvalue weighted by atomic mass is 127. The van der Waals surface area contributed by atoms with Crippen molar-refractivity contribution in [3.63, 3.8) is 0 Å². The molecule has 112 valence electrons. The molecule has 1 aliphatic heterocycles. The number of rotatable bonds is 4. The van der Waals surface area contributed by atoms with E-state index < -0.39 is 0 Å². The van der Waals surface area contributed by atoms with Crippen molar-refractivity contribution < 1.29 is 4.79 Å². The summed E-state index contributed by atoms with van der Waals surface area (Å²) in [5.41, 5.74) is 2.15. The van der Waals surface area contributed by atoms with E-state index in [-0.39, 0.29) is 18.3 Å². The van der Waals surface area contributed by atoms with Crippen LogP contribution in [0.1, 0.15) is 31.2 Å². The first-order valence-corrected chi connectivity index (χ1v) is 8.00. The molecule has 2 N–H and O–H groups in total. The van der Waals surface area contributed by atoms with Gasteiger partial charge in [-0.2, -0.15) is 0 Å². The predicted molar refractivity (Wildman–Crippen MR) is 94.6 cm³/mol. The molecule has 0 aliphatic carbocycles. The van der Waals surface area contributed by atoms with Gasteiger partial charge in [0.15, 0.2) is 0 Å². The molecular weight excluding hydrogens is 387 g/mol. The third-order valence-corrected chi connectivity index (χ3v) is 4.86. The van der Waals surface area contributed by atoms with Crippen molar-refractivity contribution in [2.24, 2.45) is 5.92 Å². The van der Waals surface area contributed by atoms with Crippen LogP contribution in [0, 0.1) is 16.4 Å². The smallest absolute Gasteiger partial charge is 0.224 e. The van der Waals surface area contributed by atoms with Crippen LogP contribution in [-0.2, 0) is 4.79 Å². The number of amides is 1. The first-order chi connectivity index (χ1) is 9.15. The molecule has 0 radical (unpaired) electrons. The Morgan fingerprint density at radius 1 is 1.40 bits per heavy atom. The molecule has 1 heterocycles. The Morgan fingerprint density at radius 2 is 2.10 bits per heavy atom. The summed E-state index contributed by atoms with van der Waals surface area (Å²) < 4.78 is 1.19. The second-order valence-electron chi connectivity index (χ2n) is 5.24. The Bertz CT molecular complexity index is 447. The molecule has 1 fully saturated rings. The summed E-state index contributed by atoms with van der Waals surface area (Å²) in [6.45, 7) is 4.27. The lowest BCUT2D eigenvalue weighted by Crippen LogP contribution is -2.28. The molecule has 1 saturated heterocycles. The number of hydrogen-bond acceptors (Lipinski definition) is 2. The third-order valence-electron chi connectivity index (χ3n) is 3.69. The Labute approximate surface area is 140 Å². The first-order valence-electron chi connectivity index (χ1n) is 6.92. The average Bonchev–Trinajstić information content (AvgIpc) is 2.42. The maximum atomic E-state index is 11.9. The van der Waals surface area contributed by atoms with Gasteiger partial charge in [0.25, 0.3) is 0 Å². The fraction of sp³-hybridized carbons (Fsp3) is 0.533. The van der Waals surface area contributed by atoms with Gasteiger partial charge in [-0.15, -0.1) is 12.4 Å². The second-order valence-corrected chi connectivity index (χ2v) is 6.41.